The van der Waals surface area contributed by atoms with Crippen LogP contribution in [-0.2, 0) is 13.0 Å². The number of hydrogen-bond donors (Lipinski definition) is 1. The van der Waals surface area contributed by atoms with Crippen LogP contribution in [0, 0.1) is 0 Å². The fraction of sp³-hybridized carbons (Fsp3) is 0.217. The van der Waals surface area contributed by atoms with Crippen LogP contribution in [-0.4, -0.2) is 25.8 Å². The molecule has 0 aliphatic carbocycles. The van der Waals surface area contributed by atoms with Crippen molar-refractivity contribution in [3.05, 3.63) is 77.7 Å². The van der Waals surface area contributed by atoms with E-state index >= 15 is 0 Å². The molecule has 0 atom stereocenters. The van der Waals surface area contributed by atoms with Gasteiger partial charge in [0.2, 0.25) is 0 Å². The number of ether oxygens (including phenoxy) is 3. The maximum Gasteiger partial charge on any atom is 0.307 e. The smallest absolute Gasteiger partial charge is 0.307 e. The normalized spacial score (nSPS) is 11.1. The number of hydrogen-bond acceptors (Lipinski definition) is 6. The first-order valence-electron chi connectivity index (χ1n) is 9.40. The summed E-state index contributed by atoms with van der Waals surface area (Å²) in [6, 6.07) is 18.3. The van der Waals surface area contributed by atoms with Gasteiger partial charge in [0.15, 0.2) is 17.3 Å². The average molecular weight is 408 g/mol. The zero-order valence-corrected chi connectivity index (χ0v) is 17.2. The van der Waals surface area contributed by atoms with Gasteiger partial charge in [-0.05, 0) is 48.9 Å². The molecule has 0 radical (unpaired) electrons. The first-order chi connectivity index (χ1) is 14.6. The Balaban J connectivity index is 1.54. The Labute approximate surface area is 175 Å². The summed E-state index contributed by atoms with van der Waals surface area (Å²) in [5.41, 5.74) is 4.23. The van der Waals surface area contributed by atoms with E-state index in [2.05, 4.69) is 10.5 Å². The molecule has 3 rings (SSSR count). The van der Waals surface area contributed by atoms with Crippen LogP contribution in [0.5, 0.6) is 17.2 Å². The molecule has 1 heterocycles. The molecule has 0 fully saturated rings. The molecule has 0 unspecified atom stereocenters. The minimum absolute atomic E-state index is 0.171. The number of nitrogens with one attached hydrogen (secondary N) is 1. The highest BCUT2D eigenvalue weighted by Gasteiger charge is 2.11. The van der Waals surface area contributed by atoms with E-state index in [1.54, 1.807) is 26.4 Å². The Morgan fingerprint density at radius 3 is 2.50 bits per heavy atom. The number of carbonyl (C=O) groups is 1. The second kappa shape index (κ2) is 10.2. The molecule has 0 bridgehead atoms. The van der Waals surface area contributed by atoms with E-state index in [1.165, 1.54) is 0 Å². The third kappa shape index (κ3) is 5.64. The standard InChI is InChI=1S/C23H24N2O5/c1-16(13-17-9-11-20(27-2)22(14-17)28-3)24-25-23(26)21-12-10-19(30-21)15-29-18-7-5-4-6-8-18/h4-12,14H,13,15H2,1-3H3,(H,25,26)/b24-16-. The zero-order chi connectivity index (χ0) is 21.3. The number of amides is 1. The molecule has 0 spiro atoms. The van der Waals surface area contributed by atoms with Crippen LogP contribution in [0.1, 0.15) is 28.8 Å². The fourth-order valence-corrected chi connectivity index (χ4v) is 2.78. The van der Waals surface area contributed by atoms with Gasteiger partial charge in [0.25, 0.3) is 0 Å². The van der Waals surface area contributed by atoms with Crippen LogP contribution in [0.25, 0.3) is 0 Å². The lowest BCUT2D eigenvalue weighted by Gasteiger charge is -2.09. The predicted molar refractivity (Wildman–Crippen MR) is 113 cm³/mol. The Bertz CT molecular complexity index is 1010. The molecule has 1 amide bonds. The third-order valence-electron chi connectivity index (χ3n) is 4.27. The Kier molecular flexibility index (Phi) is 7.10. The van der Waals surface area contributed by atoms with Crippen molar-refractivity contribution in [2.24, 2.45) is 5.10 Å². The predicted octanol–water partition coefficient (Wildman–Crippen LogP) is 4.22. The third-order valence-corrected chi connectivity index (χ3v) is 4.27. The molecular formula is C23H24N2O5. The summed E-state index contributed by atoms with van der Waals surface area (Å²) in [4.78, 5) is 12.3. The largest absolute Gasteiger partial charge is 0.493 e. The summed E-state index contributed by atoms with van der Waals surface area (Å²) >= 11 is 0. The molecule has 7 nitrogen and oxygen atoms in total. The lowest BCUT2D eigenvalue weighted by atomic mass is 10.1. The van der Waals surface area contributed by atoms with Gasteiger partial charge in [-0.2, -0.15) is 5.10 Å². The quantitative estimate of drug-likeness (QED) is 0.423. The maximum atomic E-state index is 12.3. The SMILES string of the molecule is COc1ccc(C/C(C)=N\NC(=O)c2ccc(COc3ccccc3)o2)cc1OC. The van der Waals surface area contributed by atoms with E-state index in [-0.39, 0.29) is 12.4 Å². The molecule has 3 aromatic rings. The van der Waals surface area contributed by atoms with Crippen molar-refractivity contribution in [2.45, 2.75) is 20.0 Å². The minimum Gasteiger partial charge on any atom is -0.493 e. The molecule has 1 N–H and O–H groups in total. The van der Waals surface area contributed by atoms with E-state index < -0.39 is 5.91 Å². The van der Waals surface area contributed by atoms with Crippen molar-refractivity contribution < 1.29 is 23.4 Å². The monoisotopic (exact) mass is 408 g/mol. The Hall–Kier alpha value is -3.74. The molecule has 7 heteroatoms. The van der Waals surface area contributed by atoms with E-state index in [9.17, 15) is 4.79 Å². The van der Waals surface area contributed by atoms with Gasteiger partial charge in [-0.15, -0.1) is 0 Å². The summed E-state index contributed by atoms with van der Waals surface area (Å²) in [5.74, 6) is 2.34. The second-order valence-electron chi connectivity index (χ2n) is 6.52. The minimum atomic E-state index is -0.423. The molecular weight excluding hydrogens is 384 g/mol. The van der Waals surface area contributed by atoms with E-state index in [0.29, 0.717) is 23.7 Å². The van der Waals surface area contributed by atoms with Crippen molar-refractivity contribution in [2.75, 3.05) is 14.2 Å². The first-order valence-corrected chi connectivity index (χ1v) is 9.40. The van der Waals surface area contributed by atoms with Gasteiger partial charge in [0.05, 0.1) is 14.2 Å². The Morgan fingerprint density at radius 1 is 1.00 bits per heavy atom. The van der Waals surface area contributed by atoms with E-state index in [1.807, 2.05) is 55.5 Å². The fourth-order valence-electron chi connectivity index (χ4n) is 2.78. The molecule has 0 saturated carbocycles. The number of nitrogens with zero attached hydrogens (tertiary/aromatic N) is 1. The van der Waals surface area contributed by atoms with Crippen LogP contribution in [0.4, 0.5) is 0 Å². The molecule has 30 heavy (non-hydrogen) atoms. The van der Waals surface area contributed by atoms with Gasteiger partial charge in [0.1, 0.15) is 18.1 Å². The van der Waals surface area contributed by atoms with Crippen molar-refractivity contribution in [1.29, 1.82) is 0 Å². The lowest BCUT2D eigenvalue weighted by molar-refractivity contribution is 0.0923. The van der Waals surface area contributed by atoms with Gasteiger partial charge in [-0.25, -0.2) is 5.43 Å². The lowest BCUT2D eigenvalue weighted by Crippen LogP contribution is -2.19. The summed E-state index contributed by atoms with van der Waals surface area (Å²) in [6.07, 6.45) is 0.551. The molecule has 1 aromatic heterocycles. The average Bonchev–Trinajstić information content (AvgIpc) is 3.26. The summed E-state index contributed by atoms with van der Waals surface area (Å²) in [7, 11) is 3.18. The van der Waals surface area contributed by atoms with E-state index in [0.717, 1.165) is 17.0 Å². The van der Waals surface area contributed by atoms with Gasteiger partial charge in [-0.3, -0.25) is 4.79 Å². The van der Waals surface area contributed by atoms with Crippen molar-refractivity contribution in [1.82, 2.24) is 5.43 Å². The molecule has 156 valence electrons. The van der Waals surface area contributed by atoms with Gasteiger partial charge >= 0.3 is 5.91 Å². The highest BCUT2D eigenvalue weighted by molar-refractivity contribution is 5.93. The number of benzene rings is 2. The summed E-state index contributed by atoms with van der Waals surface area (Å²) in [6.45, 7) is 2.07. The highest BCUT2D eigenvalue weighted by atomic mass is 16.5. The van der Waals surface area contributed by atoms with Crippen LogP contribution in [0.3, 0.4) is 0 Å². The number of para-hydroxylation sites is 1. The zero-order valence-electron chi connectivity index (χ0n) is 17.2. The van der Waals surface area contributed by atoms with Crippen LogP contribution < -0.4 is 19.6 Å². The number of rotatable bonds is 9. The van der Waals surface area contributed by atoms with Gasteiger partial charge in [-0.1, -0.05) is 24.3 Å². The molecule has 0 aliphatic rings. The van der Waals surface area contributed by atoms with Crippen molar-refractivity contribution >= 4 is 11.6 Å². The van der Waals surface area contributed by atoms with E-state index in [4.69, 9.17) is 18.6 Å². The van der Waals surface area contributed by atoms with Crippen LogP contribution in [0.15, 0.2) is 70.2 Å². The second-order valence-corrected chi connectivity index (χ2v) is 6.52. The topological polar surface area (TPSA) is 82.3 Å². The van der Waals surface area contributed by atoms with Crippen molar-refractivity contribution in [3.8, 4) is 17.2 Å². The first kappa shape index (κ1) is 21.0. The highest BCUT2D eigenvalue weighted by Crippen LogP contribution is 2.27. The van der Waals surface area contributed by atoms with Gasteiger partial charge < -0.3 is 18.6 Å². The maximum absolute atomic E-state index is 12.3. The van der Waals surface area contributed by atoms with Gasteiger partial charge in [0, 0.05) is 12.1 Å². The van der Waals surface area contributed by atoms with Crippen LogP contribution >= 0.6 is 0 Å². The summed E-state index contributed by atoms with van der Waals surface area (Å²) in [5, 5.41) is 4.15. The molecule has 0 aliphatic heterocycles. The number of hydrazone groups is 1. The number of furan rings is 1. The molecule has 0 saturated heterocycles. The number of methoxy groups -OCH3 is 2. The molecule has 2 aromatic carbocycles. The van der Waals surface area contributed by atoms with Crippen LogP contribution in [0.2, 0.25) is 0 Å². The number of carbonyl (C=O) groups excluding carboxylic acids is 1. The summed E-state index contributed by atoms with van der Waals surface area (Å²) < 4.78 is 21.7. The Morgan fingerprint density at radius 2 is 1.77 bits per heavy atom. The van der Waals surface area contributed by atoms with Crippen molar-refractivity contribution in [3.63, 3.8) is 0 Å².